The van der Waals surface area contributed by atoms with E-state index in [-0.39, 0.29) is 11.3 Å². The fourth-order valence-electron chi connectivity index (χ4n) is 1.65. The molecule has 1 radical (unpaired) electrons. The van der Waals surface area contributed by atoms with E-state index in [1.54, 1.807) is 5.48 Å². The third-order valence-corrected chi connectivity index (χ3v) is 2.63. The van der Waals surface area contributed by atoms with Crippen LogP contribution >= 0.6 is 0 Å². The van der Waals surface area contributed by atoms with Crippen molar-refractivity contribution < 1.29 is 10.0 Å². The molecular formula is C13H26NO2. The van der Waals surface area contributed by atoms with Crippen LogP contribution in [-0.4, -0.2) is 11.1 Å². The normalized spacial score (nSPS) is 11.5. The molecule has 0 aliphatic carbocycles. The minimum absolute atomic E-state index is 0.208. The summed E-state index contributed by atoms with van der Waals surface area (Å²) in [5, 5.41) is 8.28. The summed E-state index contributed by atoms with van der Waals surface area (Å²) >= 11 is 0. The Labute approximate surface area is 99.6 Å². The molecule has 16 heavy (non-hydrogen) atoms. The Bertz CT molecular complexity index is 185. The molecular weight excluding hydrogens is 202 g/mol. The lowest BCUT2D eigenvalue weighted by Crippen LogP contribution is -2.17. The highest BCUT2D eigenvalue weighted by molar-refractivity contribution is 5.74. The molecule has 0 bridgehead atoms. The number of rotatable bonds is 9. The highest BCUT2D eigenvalue weighted by Gasteiger charge is 2.08. The molecule has 0 rings (SSSR count). The molecule has 0 aromatic carbocycles. The van der Waals surface area contributed by atoms with Crippen LogP contribution in [0, 0.1) is 12.3 Å². The zero-order chi connectivity index (χ0) is 12.4. The molecule has 0 saturated heterocycles. The second-order valence-corrected chi connectivity index (χ2v) is 5.32. The Morgan fingerprint density at radius 3 is 2.12 bits per heavy atom. The molecule has 0 aromatic heterocycles. The maximum atomic E-state index is 10.7. The number of hydrogen-bond donors (Lipinski definition) is 2. The van der Waals surface area contributed by atoms with Gasteiger partial charge >= 0.3 is 0 Å². The highest BCUT2D eigenvalue weighted by Crippen LogP contribution is 2.22. The molecule has 0 fully saturated rings. The van der Waals surface area contributed by atoms with Gasteiger partial charge in [0, 0.05) is 6.42 Å². The number of carbonyl (C=O) groups excluding carboxylic acids is 1. The topological polar surface area (TPSA) is 49.3 Å². The molecule has 0 aromatic rings. The highest BCUT2D eigenvalue weighted by atomic mass is 16.5. The number of nitrogens with one attached hydrogen (secondary N) is 1. The van der Waals surface area contributed by atoms with Crippen LogP contribution in [0.4, 0.5) is 0 Å². The molecule has 3 heteroatoms. The van der Waals surface area contributed by atoms with E-state index in [2.05, 4.69) is 20.8 Å². The van der Waals surface area contributed by atoms with E-state index < -0.39 is 0 Å². The Hall–Kier alpha value is -0.570. The van der Waals surface area contributed by atoms with Gasteiger partial charge in [0.05, 0.1) is 0 Å². The van der Waals surface area contributed by atoms with Crippen LogP contribution in [0.25, 0.3) is 0 Å². The lowest BCUT2D eigenvalue weighted by atomic mass is 9.89. The van der Waals surface area contributed by atoms with Crippen LogP contribution < -0.4 is 5.48 Å². The predicted molar refractivity (Wildman–Crippen MR) is 66.0 cm³/mol. The summed E-state index contributed by atoms with van der Waals surface area (Å²) in [4.78, 5) is 10.7. The van der Waals surface area contributed by atoms with Crippen molar-refractivity contribution in [2.75, 3.05) is 0 Å². The molecule has 0 heterocycles. The summed E-state index contributed by atoms with van der Waals surface area (Å²) in [5.74, 6) is -0.279. The van der Waals surface area contributed by atoms with E-state index in [9.17, 15) is 4.79 Å². The van der Waals surface area contributed by atoms with E-state index >= 15 is 0 Å². The molecule has 0 saturated carbocycles. The second-order valence-electron chi connectivity index (χ2n) is 5.32. The summed E-state index contributed by atoms with van der Waals surface area (Å²) < 4.78 is 0. The summed E-state index contributed by atoms with van der Waals surface area (Å²) in [6, 6.07) is 0. The van der Waals surface area contributed by atoms with Crippen molar-refractivity contribution in [1.29, 1.82) is 0 Å². The minimum Gasteiger partial charge on any atom is -0.289 e. The van der Waals surface area contributed by atoms with Gasteiger partial charge in [0.15, 0.2) is 0 Å². The predicted octanol–water partition coefficient (Wildman–Crippen LogP) is 3.47. The lowest BCUT2D eigenvalue weighted by Gasteiger charge is -2.17. The van der Waals surface area contributed by atoms with E-state index in [0.29, 0.717) is 6.42 Å². The lowest BCUT2D eigenvalue weighted by molar-refractivity contribution is -0.129. The van der Waals surface area contributed by atoms with Gasteiger partial charge in [-0.25, -0.2) is 5.48 Å². The van der Waals surface area contributed by atoms with Crippen LogP contribution in [0.3, 0.4) is 0 Å². The largest absolute Gasteiger partial charge is 0.289 e. The minimum atomic E-state index is -0.279. The number of carbonyl (C=O) groups is 1. The van der Waals surface area contributed by atoms with Gasteiger partial charge in [0.2, 0.25) is 5.91 Å². The van der Waals surface area contributed by atoms with E-state index in [4.69, 9.17) is 5.21 Å². The first-order chi connectivity index (χ1) is 7.45. The molecule has 0 atom stereocenters. The smallest absolute Gasteiger partial charge is 0.243 e. The van der Waals surface area contributed by atoms with Gasteiger partial charge in [-0.1, -0.05) is 46.0 Å². The first kappa shape index (κ1) is 15.4. The molecule has 0 aliphatic rings. The average molecular weight is 228 g/mol. The standard InChI is InChI=1S/C13H26NO2/c1-13(2,3)11-9-7-5-4-6-8-10-12(15)14-16/h16H,1,4-11H2,2-3H3,(H,14,15). The zero-order valence-corrected chi connectivity index (χ0v) is 10.7. The second kappa shape index (κ2) is 8.57. The van der Waals surface area contributed by atoms with Gasteiger partial charge in [-0.3, -0.25) is 10.0 Å². The molecule has 0 spiro atoms. The van der Waals surface area contributed by atoms with Crippen LogP contribution in [0.1, 0.15) is 65.2 Å². The maximum Gasteiger partial charge on any atom is 0.243 e. The maximum absolute atomic E-state index is 10.7. The fraction of sp³-hybridized carbons (Fsp3) is 0.846. The quantitative estimate of drug-likeness (QED) is 0.360. The summed E-state index contributed by atoms with van der Waals surface area (Å²) in [6.45, 7) is 8.41. The molecule has 1 amide bonds. The Kier molecular flexibility index (Phi) is 8.26. The third-order valence-electron chi connectivity index (χ3n) is 2.63. The number of hydrogen-bond acceptors (Lipinski definition) is 2. The molecule has 0 aliphatic heterocycles. The van der Waals surface area contributed by atoms with Crippen molar-refractivity contribution in [1.82, 2.24) is 5.48 Å². The average Bonchev–Trinajstić information content (AvgIpc) is 2.20. The SMILES string of the molecule is [CH2]C(C)(C)CCCCCCCCC(=O)NO. The van der Waals surface area contributed by atoms with Crippen LogP contribution in [0.2, 0.25) is 0 Å². The monoisotopic (exact) mass is 228 g/mol. The van der Waals surface area contributed by atoms with Crippen LogP contribution in [0.5, 0.6) is 0 Å². The zero-order valence-electron chi connectivity index (χ0n) is 10.7. The van der Waals surface area contributed by atoms with E-state index in [0.717, 1.165) is 12.8 Å². The van der Waals surface area contributed by atoms with Gasteiger partial charge in [0.1, 0.15) is 0 Å². The number of amides is 1. The van der Waals surface area contributed by atoms with E-state index in [1.807, 2.05) is 0 Å². The van der Waals surface area contributed by atoms with Gasteiger partial charge in [0.25, 0.3) is 0 Å². The summed E-state index contributed by atoms with van der Waals surface area (Å²) in [5.41, 5.74) is 1.85. The van der Waals surface area contributed by atoms with Crippen molar-refractivity contribution in [3.8, 4) is 0 Å². The third kappa shape index (κ3) is 11.5. The Balaban J connectivity index is 3.13. The number of unbranched alkanes of at least 4 members (excludes halogenated alkanes) is 5. The van der Waals surface area contributed by atoms with Gasteiger partial charge in [-0.15, -0.1) is 0 Å². The summed E-state index contributed by atoms with van der Waals surface area (Å²) in [6.07, 6.45) is 8.46. The molecule has 95 valence electrons. The van der Waals surface area contributed by atoms with Crippen LogP contribution in [-0.2, 0) is 4.79 Å². The van der Waals surface area contributed by atoms with Gasteiger partial charge < -0.3 is 0 Å². The number of hydroxylamine groups is 1. The summed E-state index contributed by atoms with van der Waals surface area (Å²) in [7, 11) is 0. The molecule has 0 unspecified atom stereocenters. The Morgan fingerprint density at radius 1 is 1.12 bits per heavy atom. The Morgan fingerprint density at radius 2 is 1.62 bits per heavy atom. The van der Waals surface area contributed by atoms with Gasteiger partial charge in [-0.05, 0) is 25.2 Å². The first-order valence-electron chi connectivity index (χ1n) is 6.24. The van der Waals surface area contributed by atoms with Crippen molar-refractivity contribution in [2.24, 2.45) is 5.41 Å². The van der Waals surface area contributed by atoms with E-state index in [1.165, 1.54) is 32.1 Å². The van der Waals surface area contributed by atoms with Crippen molar-refractivity contribution in [2.45, 2.75) is 65.2 Å². The van der Waals surface area contributed by atoms with Gasteiger partial charge in [-0.2, -0.15) is 0 Å². The van der Waals surface area contributed by atoms with Crippen molar-refractivity contribution >= 4 is 5.91 Å². The van der Waals surface area contributed by atoms with Crippen LogP contribution in [0.15, 0.2) is 0 Å². The van der Waals surface area contributed by atoms with Crippen molar-refractivity contribution in [3.63, 3.8) is 0 Å². The fourth-order valence-corrected chi connectivity index (χ4v) is 1.65. The molecule has 3 nitrogen and oxygen atoms in total. The molecule has 2 N–H and O–H groups in total. The van der Waals surface area contributed by atoms with Crippen molar-refractivity contribution in [3.05, 3.63) is 6.92 Å². The first-order valence-corrected chi connectivity index (χ1v) is 6.24.